The number of nitrogen functional groups attached to an aromatic ring is 1. The molecule has 3 rings (SSSR count). The molecule has 1 amide bonds. The first kappa shape index (κ1) is 18.0. The van der Waals surface area contributed by atoms with E-state index in [0.717, 1.165) is 5.56 Å². The molecule has 3 aromatic rings. The van der Waals surface area contributed by atoms with Crippen molar-refractivity contribution in [2.45, 2.75) is 6.61 Å². The Hall–Kier alpha value is -3.80. The number of amides is 1. The van der Waals surface area contributed by atoms with Crippen LogP contribution in [0.1, 0.15) is 21.7 Å². The minimum Gasteiger partial charge on any atom is -0.497 e. The molecule has 0 fully saturated rings. The lowest BCUT2D eigenvalue weighted by Gasteiger charge is -2.04. The molecule has 12 nitrogen and oxygen atoms in total. The summed E-state index contributed by atoms with van der Waals surface area (Å²) < 4.78 is 16.0. The number of anilines is 1. The molecule has 0 saturated heterocycles. The van der Waals surface area contributed by atoms with Gasteiger partial charge in [-0.3, -0.25) is 4.79 Å². The number of nitrogens with one attached hydrogen (secondary N) is 1. The molecule has 0 unspecified atom stereocenters. The molecule has 0 aliphatic rings. The molecule has 0 atom stereocenters. The Morgan fingerprint density at radius 3 is 2.96 bits per heavy atom. The van der Waals surface area contributed by atoms with E-state index in [0.29, 0.717) is 11.4 Å². The molecule has 140 valence electrons. The zero-order chi connectivity index (χ0) is 19.2. The lowest BCUT2D eigenvalue weighted by atomic mass is 10.2. The maximum absolute atomic E-state index is 12.4. The summed E-state index contributed by atoms with van der Waals surface area (Å²) in [6.45, 7) is 0.0294. The summed E-state index contributed by atoms with van der Waals surface area (Å²) in [5.74, 6) is 0.200. The van der Waals surface area contributed by atoms with Gasteiger partial charge in [0.05, 0.1) is 19.9 Å². The Balaban J connectivity index is 1.79. The number of hydrogen-bond donors (Lipinski definition) is 2. The average molecular weight is 372 g/mol. The molecule has 0 radical (unpaired) electrons. The predicted molar refractivity (Wildman–Crippen MR) is 92.4 cm³/mol. The fourth-order valence-electron chi connectivity index (χ4n) is 2.19. The Labute approximate surface area is 152 Å². The van der Waals surface area contributed by atoms with Crippen molar-refractivity contribution < 1.29 is 18.9 Å². The van der Waals surface area contributed by atoms with Gasteiger partial charge in [-0.25, -0.2) is 10.1 Å². The van der Waals surface area contributed by atoms with Crippen LogP contribution in [0, 0.1) is 0 Å². The summed E-state index contributed by atoms with van der Waals surface area (Å²) >= 11 is 0. The Kier molecular flexibility index (Phi) is 5.37. The number of benzene rings is 1. The number of hydrazone groups is 1. The number of nitrogens with two attached hydrogens (primary N) is 1. The van der Waals surface area contributed by atoms with Gasteiger partial charge in [-0.05, 0) is 28.0 Å². The number of carbonyl (C=O) groups is 1. The highest BCUT2D eigenvalue weighted by molar-refractivity contribution is 5.94. The van der Waals surface area contributed by atoms with Gasteiger partial charge in [0.1, 0.15) is 11.4 Å². The van der Waals surface area contributed by atoms with Gasteiger partial charge in [-0.1, -0.05) is 17.3 Å². The third-order valence-corrected chi connectivity index (χ3v) is 3.43. The summed E-state index contributed by atoms with van der Waals surface area (Å²) in [5.41, 5.74) is 9.11. The molecule has 0 saturated carbocycles. The summed E-state index contributed by atoms with van der Waals surface area (Å²) in [7, 11) is 3.03. The molecule has 2 aromatic heterocycles. The van der Waals surface area contributed by atoms with Gasteiger partial charge >= 0.3 is 0 Å². The van der Waals surface area contributed by atoms with Crippen molar-refractivity contribution in [2.75, 3.05) is 20.0 Å². The third kappa shape index (κ3) is 3.90. The molecular formula is C15H16N8O4. The summed E-state index contributed by atoms with van der Waals surface area (Å²) in [5, 5.41) is 18.7. The van der Waals surface area contributed by atoms with Crippen LogP contribution in [-0.2, 0) is 11.3 Å². The number of methoxy groups -OCH3 is 2. The highest BCUT2D eigenvalue weighted by Crippen LogP contribution is 2.16. The lowest BCUT2D eigenvalue weighted by molar-refractivity contribution is 0.0944. The van der Waals surface area contributed by atoms with E-state index in [2.05, 4.69) is 35.8 Å². The van der Waals surface area contributed by atoms with Crippen LogP contribution in [0.2, 0.25) is 0 Å². The number of ether oxygens (including phenoxy) is 2. The van der Waals surface area contributed by atoms with Gasteiger partial charge in [0.15, 0.2) is 5.69 Å². The minimum atomic E-state index is -0.581. The van der Waals surface area contributed by atoms with Gasteiger partial charge in [-0.15, -0.1) is 5.10 Å². The normalized spacial score (nSPS) is 11.0. The number of carbonyl (C=O) groups excluding carboxylic acids is 1. The van der Waals surface area contributed by atoms with Gasteiger partial charge < -0.3 is 15.2 Å². The topological polar surface area (TPSA) is 156 Å². The van der Waals surface area contributed by atoms with Crippen LogP contribution < -0.4 is 15.9 Å². The second-order valence-electron chi connectivity index (χ2n) is 5.18. The second-order valence-corrected chi connectivity index (χ2v) is 5.18. The molecule has 2 heterocycles. The van der Waals surface area contributed by atoms with Crippen LogP contribution in [0.3, 0.4) is 0 Å². The van der Waals surface area contributed by atoms with Crippen molar-refractivity contribution in [2.24, 2.45) is 5.10 Å². The summed E-state index contributed by atoms with van der Waals surface area (Å²) in [4.78, 5) is 12.4. The van der Waals surface area contributed by atoms with Gasteiger partial charge in [0, 0.05) is 7.11 Å². The minimum absolute atomic E-state index is 0.000238. The van der Waals surface area contributed by atoms with Crippen LogP contribution >= 0.6 is 0 Å². The molecule has 12 heteroatoms. The number of hydrogen-bond acceptors (Lipinski definition) is 10. The van der Waals surface area contributed by atoms with Gasteiger partial charge in [0.2, 0.25) is 11.6 Å². The monoisotopic (exact) mass is 372 g/mol. The smallest absolute Gasteiger partial charge is 0.293 e. The maximum atomic E-state index is 12.4. The molecule has 1 aromatic carbocycles. The Morgan fingerprint density at radius 1 is 1.41 bits per heavy atom. The molecule has 0 spiro atoms. The van der Waals surface area contributed by atoms with Crippen molar-refractivity contribution >= 4 is 17.9 Å². The number of nitrogens with zero attached hydrogens (tertiary/aromatic N) is 6. The fourth-order valence-corrected chi connectivity index (χ4v) is 2.19. The molecule has 3 N–H and O–H groups in total. The molecular weight excluding hydrogens is 356 g/mol. The summed E-state index contributed by atoms with van der Waals surface area (Å²) in [6.07, 6.45) is 1.47. The van der Waals surface area contributed by atoms with Crippen LogP contribution in [0.25, 0.3) is 5.82 Å². The molecule has 0 bridgehead atoms. The third-order valence-electron chi connectivity index (χ3n) is 3.43. The Bertz CT molecular complexity index is 964. The van der Waals surface area contributed by atoms with Gasteiger partial charge in [0.25, 0.3) is 5.91 Å². The maximum Gasteiger partial charge on any atom is 0.293 e. The van der Waals surface area contributed by atoms with Crippen molar-refractivity contribution in [3.63, 3.8) is 0 Å². The van der Waals surface area contributed by atoms with Crippen molar-refractivity contribution in [1.29, 1.82) is 0 Å². The SMILES string of the molecule is COCc1c(C(=O)N/N=C\c2cccc(OC)c2)nnn1-c1nonc1N. The number of aromatic nitrogens is 5. The lowest BCUT2D eigenvalue weighted by Crippen LogP contribution is -2.20. The van der Waals surface area contributed by atoms with Crippen molar-refractivity contribution in [1.82, 2.24) is 30.7 Å². The zero-order valence-electron chi connectivity index (χ0n) is 14.5. The largest absolute Gasteiger partial charge is 0.497 e. The average Bonchev–Trinajstić information content (AvgIpc) is 3.28. The van der Waals surface area contributed by atoms with Crippen LogP contribution in [0.5, 0.6) is 5.75 Å². The van der Waals surface area contributed by atoms with E-state index in [4.69, 9.17) is 15.2 Å². The quantitative estimate of drug-likeness (QED) is 0.435. The van der Waals surface area contributed by atoms with E-state index in [9.17, 15) is 4.79 Å². The second kappa shape index (κ2) is 8.05. The van der Waals surface area contributed by atoms with Crippen LogP contribution in [-0.4, -0.2) is 51.6 Å². The van der Waals surface area contributed by atoms with E-state index >= 15 is 0 Å². The molecule has 0 aliphatic carbocycles. The first-order valence-electron chi connectivity index (χ1n) is 7.63. The highest BCUT2D eigenvalue weighted by Gasteiger charge is 2.23. The highest BCUT2D eigenvalue weighted by atomic mass is 16.6. The standard InChI is InChI=1S/C15H16N8O4/c1-25-8-11-12(18-22-23(11)14-13(16)20-27-21-14)15(24)19-17-7-9-4-3-5-10(6-9)26-2/h3-7H,8H2,1-2H3,(H2,16,20)(H,19,24)/b17-7-. The van der Waals surface area contributed by atoms with Crippen molar-refractivity contribution in [3.05, 3.63) is 41.2 Å². The zero-order valence-corrected chi connectivity index (χ0v) is 14.5. The molecule has 0 aliphatic heterocycles. The van der Waals surface area contributed by atoms with E-state index in [1.54, 1.807) is 25.3 Å². The van der Waals surface area contributed by atoms with Crippen LogP contribution in [0.15, 0.2) is 34.0 Å². The first-order chi connectivity index (χ1) is 13.1. The number of rotatable bonds is 7. The first-order valence-corrected chi connectivity index (χ1v) is 7.63. The summed E-state index contributed by atoms with van der Waals surface area (Å²) in [6, 6.07) is 7.18. The van der Waals surface area contributed by atoms with E-state index in [1.165, 1.54) is 18.0 Å². The molecule has 27 heavy (non-hydrogen) atoms. The van der Waals surface area contributed by atoms with Crippen LogP contribution in [0.4, 0.5) is 5.82 Å². The Morgan fingerprint density at radius 2 is 2.26 bits per heavy atom. The fraction of sp³-hybridized carbons (Fsp3) is 0.200. The van der Waals surface area contributed by atoms with E-state index in [-0.39, 0.29) is 23.9 Å². The van der Waals surface area contributed by atoms with Gasteiger partial charge in [-0.2, -0.15) is 9.78 Å². The van der Waals surface area contributed by atoms with E-state index < -0.39 is 5.91 Å². The van der Waals surface area contributed by atoms with Crippen molar-refractivity contribution in [3.8, 4) is 11.6 Å². The van der Waals surface area contributed by atoms with E-state index in [1.807, 2.05) is 6.07 Å². The predicted octanol–water partition coefficient (Wildman–Crippen LogP) is 0.151.